The molecule has 110 valence electrons. The van der Waals surface area contributed by atoms with Crippen LogP contribution in [0.5, 0.6) is 0 Å². The maximum atomic E-state index is 8.84. The molecule has 4 heteroatoms. The Hall–Kier alpha value is -0.860. The third kappa shape index (κ3) is 4.07. The summed E-state index contributed by atoms with van der Waals surface area (Å²) in [5, 5.41) is 10.9. The van der Waals surface area contributed by atoms with Crippen LogP contribution >= 0.6 is 11.3 Å². The predicted molar refractivity (Wildman–Crippen MR) is 84.9 cm³/mol. The van der Waals surface area contributed by atoms with Crippen LogP contribution in [0.2, 0.25) is 0 Å². The average molecular weight is 292 g/mol. The van der Waals surface area contributed by atoms with Gasteiger partial charge in [0.2, 0.25) is 0 Å². The van der Waals surface area contributed by atoms with Gasteiger partial charge in [0.1, 0.15) is 6.61 Å². The van der Waals surface area contributed by atoms with Gasteiger partial charge in [-0.3, -0.25) is 4.90 Å². The maximum absolute atomic E-state index is 8.84. The molecule has 2 heterocycles. The van der Waals surface area contributed by atoms with Crippen LogP contribution in [0.25, 0.3) is 0 Å². The SMILES string of the molecule is CCC1CN(C)CCCN1Cc1sccc1C#CCO. The number of aliphatic hydroxyl groups excluding tert-OH is 1. The molecular formula is C16H24N2OS. The second-order valence-corrected chi connectivity index (χ2v) is 6.37. The highest BCUT2D eigenvalue weighted by molar-refractivity contribution is 7.10. The molecule has 1 N–H and O–H groups in total. The van der Waals surface area contributed by atoms with E-state index >= 15 is 0 Å². The van der Waals surface area contributed by atoms with Crippen molar-refractivity contribution in [3.05, 3.63) is 21.9 Å². The Morgan fingerprint density at radius 3 is 3.05 bits per heavy atom. The molecule has 1 fully saturated rings. The zero-order valence-electron chi connectivity index (χ0n) is 12.4. The van der Waals surface area contributed by atoms with E-state index in [1.807, 2.05) is 0 Å². The number of hydrogen-bond acceptors (Lipinski definition) is 4. The Kier molecular flexibility index (Phi) is 6.06. The molecule has 0 bridgehead atoms. The van der Waals surface area contributed by atoms with E-state index in [2.05, 4.69) is 47.1 Å². The number of likely N-dealkylation sites (N-methyl/N-ethyl adjacent to an activating group) is 1. The summed E-state index contributed by atoms with van der Waals surface area (Å²) in [7, 11) is 2.22. The fourth-order valence-electron chi connectivity index (χ4n) is 2.78. The first-order valence-corrected chi connectivity index (χ1v) is 8.21. The molecular weight excluding hydrogens is 268 g/mol. The van der Waals surface area contributed by atoms with Gasteiger partial charge in [-0.2, -0.15) is 0 Å². The first kappa shape index (κ1) is 15.5. The monoisotopic (exact) mass is 292 g/mol. The van der Waals surface area contributed by atoms with E-state index in [4.69, 9.17) is 5.11 Å². The van der Waals surface area contributed by atoms with Crippen molar-refractivity contribution in [2.75, 3.05) is 33.3 Å². The molecule has 0 saturated carbocycles. The van der Waals surface area contributed by atoms with E-state index in [1.54, 1.807) is 11.3 Å². The standard InChI is InChI=1S/C16H24N2OS/c1-3-15-12-17(2)8-5-9-18(15)13-16-14(6-4-10-19)7-11-20-16/h7,11,15,19H,3,5,8-10,12-13H2,1-2H3. The van der Waals surface area contributed by atoms with Crippen molar-refractivity contribution in [2.24, 2.45) is 0 Å². The molecule has 0 radical (unpaired) electrons. The number of thiophene rings is 1. The fourth-order valence-corrected chi connectivity index (χ4v) is 3.64. The minimum Gasteiger partial charge on any atom is -0.384 e. The lowest BCUT2D eigenvalue weighted by molar-refractivity contribution is 0.177. The predicted octanol–water partition coefficient (Wildman–Crippen LogP) is 2.01. The van der Waals surface area contributed by atoms with Crippen LogP contribution in [0, 0.1) is 11.8 Å². The van der Waals surface area contributed by atoms with E-state index in [0.29, 0.717) is 6.04 Å². The molecule has 0 amide bonds. The van der Waals surface area contributed by atoms with Crippen LogP contribution in [0.1, 0.15) is 30.2 Å². The van der Waals surface area contributed by atoms with Gasteiger partial charge in [0.05, 0.1) is 0 Å². The average Bonchev–Trinajstić information content (AvgIpc) is 2.80. The molecule has 1 aliphatic heterocycles. The fraction of sp³-hybridized carbons (Fsp3) is 0.625. The maximum Gasteiger partial charge on any atom is 0.104 e. The molecule has 3 nitrogen and oxygen atoms in total. The van der Waals surface area contributed by atoms with Crippen molar-refractivity contribution < 1.29 is 5.11 Å². The highest BCUT2D eigenvalue weighted by atomic mass is 32.1. The number of aliphatic hydroxyl groups is 1. The van der Waals surface area contributed by atoms with E-state index in [0.717, 1.165) is 25.2 Å². The molecule has 0 aromatic carbocycles. The summed E-state index contributed by atoms with van der Waals surface area (Å²) in [5.74, 6) is 5.82. The van der Waals surface area contributed by atoms with Gasteiger partial charge in [-0.1, -0.05) is 18.8 Å². The molecule has 1 atom stereocenters. The summed E-state index contributed by atoms with van der Waals surface area (Å²) in [5.41, 5.74) is 1.08. The summed E-state index contributed by atoms with van der Waals surface area (Å²) in [6.07, 6.45) is 2.42. The lowest BCUT2D eigenvalue weighted by Crippen LogP contribution is -2.39. The molecule has 2 rings (SSSR count). The molecule has 1 saturated heterocycles. The first-order chi connectivity index (χ1) is 9.74. The van der Waals surface area contributed by atoms with Crippen molar-refractivity contribution in [3.8, 4) is 11.8 Å². The van der Waals surface area contributed by atoms with Crippen molar-refractivity contribution >= 4 is 11.3 Å². The third-order valence-corrected chi connectivity index (χ3v) is 4.80. The Morgan fingerprint density at radius 2 is 2.30 bits per heavy atom. The molecule has 0 spiro atoms. The second kappa shape index (κ2) is 7.80. The van der Waals surface area contributed by atoms with Crippen LogP contribution in [-0.2, 0) is 6.54 Å². The smallest absolute Gasteiger partial charge is 0.104 e. The highest BCUT2D eigenvalue weighted by Gasteiger charge is 2.22. The van der Waals surface area contributed by atoms with Crippen LogP contribution in [-0.4, -0.2) is 54.2 Å². The van der Waals surface area contributed by atoms with Crippen molar-refractivity contribution in [3.63, 3.8) is 0 Å². The van der Waals surface area contributed by atoms with E-state index in [1.165, 1.54) is 24.3 Å². The summed E-state index contributed by atoms with van der Waals surface area (Å²) in [4.78, 5) is 6.36. The van der Waals surface area contributed by atoms with Crippen LogP contribution in [0.15, 0.2) is 11.4 Å². The van der Waals surface area contributed by atoms with E-state index < -0.39 is 0 Å². The quantitative estimate of drug-likeness (QED) is 0.863. The van der Waals surface area contributed by atoms with E-state index in [-0.39, 0.29) is 6.61 Å². The summed E-state index contributed by atoms with van der Waals surface area (Å²) in [6, 6.07) is 2.69. The van der Waals surface area contributed by atoms with Crippen LogP contribution in [0.4, 0.5) is 0 Å². The summed E-state index contributed by atoms with van der Waals surface area (Å²) in [6.45, 7) is 6.69. The lowest BCUT2D eigenvalue weighted by Gasteiger charge is -2.29. The van der Waals surface area contributed by atoms with Gasteiger partial charge >= 0.3 is 0 Å². The van der Waals surface area contributed by atoms with Crippen molar-refractivity contribution in [2.45, 2.75) is 32.4 Å². The highest BCUT2D eigenvalue weighted by Crippen LogP contribution is 2.22. The van der Waals surface area contributed by atoms with Crippen LogP contribution in [0.3, 0.4) is 0 Å². The molecule has 1 aromatic heterocycles. The summed E-state index contributed by atoms with van der Waals surface area (Å²) < 4.78 is 0. The topological polar surface area (TPSA) is 26.7 Å². The molecule has 1 unspecified atom stereocenters. The van der Waals surface area contributed by atoms with Crippen molar-refractivity contribution in [1.82, 2.24) is 9.80 Å². The van der Waals surface area contributed by atoms with Gasteiger partial charge in [-0.25, -0.2) is 0 Å². The van der Waals surface area contributed by atoms with Gasteiger partial charge < -0.3 is 10.0 Å². The summed E-state index contributed by atoms with van der Waals surface area (Å²) >= 11 is 1.77. The molecule has 0 aliphatic carbocycles. The normalized spacial score (nSPS) is 21.2. The molecule has 1 aromatic rings. The van der Waals surface area contributed by atoms with Crippen LogP contribution < -0.4 is 0 Å². The number of rotatable bonds is 3. The van der Waals surface area contributed by atoms with Gasteiger partial charge in [0, 0.05) is 36.1 Å². The van der Waals surface area contributed by atoms with Crippen molar-refractivity contribution in [1.29, 1.82) is 0 Å². The first-order valence-electron chi connectivity index (χ1n) is 7.33. The third-order valence-electron chi connectivity index (χ3n) is 3.89. The Morgan fingerprint density at radius 1 is 1.45 bits per heavy atom. The van der Waals surface area contributed by atoms with Gasteiger partial charge in [0.25, 0.3) is 0 Å². The van der Waals surface area contributed by atoms with E-state index in [9.17, 15) is 0 Å². The lowest BCUT2D eigenvalue weighted by atomic mass is 10.1. The minimum atomic E-state index is -0.0681. The largest absolute Gasteiger partial charge is 0.384 e. The Bertz CT molecular complexity index is 474. The molecule has 1 aliphatic rings. The van der Waals surface area contributed by atoms with Gasteiger partial charge in [-0.15, -0.1) is 11.3 Å². The zero-order chi connectivity index (χ0) is 14.4. The van der Waals surface area contributed by atoms with Gasteiger partial charge in [-0.05, 0) is 37.9 Å². The Labute approximate surface area is 126 Å². The second-order valence-electron chi connectivity index (χ2n) is 5.37. The zero-order valence-corrected chi connectivity index (χ0v) is 13.2. The molecule has 20 heavy (non-hydrogen) atoms. The van der Waals surface area contributed by atoms with Gasteiger partial charge in [0.15, 0.2) is 0 Å². The Balaban J connectivity index is 2.09. The minimum absolute atomic E-state index is 0.0681. The number of hydrogen-bond donors (Lipinski definition) is 1. The number of nitrogens with zero attached hydrogens (tertiary/aromatic N) is 2.